The molecule has 0 aromatic heterocycles. The monoisotopic (exact) mass is 236 g/mol. The van der Waals surface area contributed by atoms with E-state index in [2.05, 4.69) is 0 Å². The molecule has 1 rings (SSSR count). The van der Waals surface area contributed by atoms with Gasteiger partial charge in [-0.25, -0.2) is 0 Å². The summed E-state index contributed by atoms with van der Waals surface area (Å²) in [5, 5.41) is 0. The molecule has 1 fully saturated rings. The SMILES string of the molecule is CC(N)CC(=O)N(C)CC1CCOC1.Cl. The van der Waals surface area contributed by atoms with Gasteiger partial charge < -0.3 is 15.4 Å². The van der Waals surface area contributed by atoms with Crippen molar-refractivity contribution in [3.05, 3.63) is 0 Å². The number of nitrogens with zero attached hydrogens (tertiary/aromatic N) is 1. The Morgan fingerprint density at radius 2 is 2.33 bits per heavy atom. The van der Waals surface area contributed by atoms with Crippen molar-refractivity contribution in [1.82, 2.24) is 4.90 Å². The van der Waals surface area contributed by atoms with Crippen LogP contribution >= 0.6 is 12.4 Å². The van der Waals surface area contributed by atoms with Gasteiger partial charge in [0.25, 0.3) is 0 Å². The molecule has 0 saturated carbocycles. The molecule has 15 heavy (non-hydrogen) atoms. The van der Waals surface area contributed by atoms with E-state index in [9.17, 15) is 4.79 Å². The second-order valence-electron chi connectivity index (χ2n) is 4.19. The van der Waals surface area contributed by atoms with Crippen molar-refractivity contribution in [2.75, 3.05) is 26.8 Å². The zero-order valence-electron chi connectivity index (χ0n) is 9.44. The Labute approximate surface area is 97.5 Å². The molecule has 4 nitrogen and oxygen atoms in total. The first-order valence-corrected chi connectivity index (χ1v) is 5.17. The molecule has 0 bridgehead atoms. The van der Waals surface area contributed by atoms with E-state index in [4.69, 9.17) is 10.5 Å². The van der Waals surface area contributed by atoms with Gasteiger partial charge in [0.1, 0.15) is 0 Å². The molecule has 1 aliphatic rings. The summed E-state index contributed by atoms with van der Waals surface area (Å²) in [6.45, 7) is 4.27. The quantitative estimate of drug-likeness (QED) is 0.780. The highest BCUT2D eigenvalue weighted by molar-refractivity contribution is 5.85. The highest BCUT2D eigenvalue weighted by Crippen LogP contribution is 2.13. The van der Waals surface area contributed by atoms with Gasteiger partial charge in [-0.05, 0) is 13.3 Å². The molecule has 2 atom stereocenters. The van der Waals surface area contributed by atoms with Gasteiger partial charge in [-0.15, -0.1) is 12.4 Å². The second-order valence-corrected chi connectivity index (χ2v) is 4.19. The summed E-state index contributed by atoms with van der Waals surface area (Å²) in [6, 6.07) is -0.0511. The van der Waals surface area contributed by atoms with E-state index in [0.717, 1.165) is 26.2 Å². The Kier molecular flexibility index (Phi) is 6.89. The van der Waals surface area contributed by atoms with Gasteiger partial charge in [0.15, 0.2) is 0 Å². The highest BCUT2D eigenvalue weighted by atomic mass is 35.5. The van der Waals surface area contributed by atoms with Gasteiger partial charge in [-0.3, -0.25) is 4.79 Å². The van der Waals surface area contributed by atoms with E-state index in [1.165, 1.54) is 0 Å². The van der Waals surface area contributed by atoms with Gasteiger partial charge >= 0.3 is 0 Å². The highest BCUT2D eigenvalue weighted by Gasteiger charge is 2.20. The van der Waals surface area contributed by atoms with E-state index in [-0.39, 0.29) is 24.4 Å². The number of carbonyl (C=O) groups is 1. The molecule has 0 spiro atoms. The van der Waals surface area contributed by atoms with Crippen LogP contribution in [0.2, 0.25) is 0 Å². The van der Waals surface area contributed by atoms with Crippen LogP contribution in [0.5, 0.6) is 0 Å². The van der Waals surface area contributed by atoms with Crippen molar-refractivity contribution in [2.45, 2.75) is 25.8 Å². The Morgan fingerprint density at radius 3 is 2.80 bits per heavy atom. The molecule has 0 aromatic rings. The lowest BCUT2D eigenvalue weighted by molar-refractivity contribution is -0.130. The summed E-state index contributed by atoms with van der Waals surface area (Å²) < 4.78 is 5.26. The van der Waals surface area contributed by atoms with Crippen LogP contribution in [0.15, 0.2) is 0 Å². The minimum atomic E-state index is -0.0511. The fourth-order valence-corrected chi connectivity index (χ4v) is 1.65. The van der Waals surface area contributed by atoms with Crippen LogP contribution in [0.4, 0.5) is 0 Å². The van der Waals surface area contributed by atoms with Crippen LogP contribution in [-0.2, 0) is 9.53 Å². The normalized spacial score (nSPS) is 21.9. The third kappa shape index (κ3) is 5.35. The smallest absolute Gasteiger partial charge is 0.223 e. The predicted molar refractivity (Wildman–Crippen MR) is 62.1 cm³/mol. The first-order chi connectivity index (χ1) is 6.59. The Balaban J connectivity index is 0.00000196. The Morgan fingerprint density at radius 1 is 1.67 bits per heavy atom. The summed E-state index contributed by atoms with van der Waals surface area (Å²) in [5.74, 6) is 0.643. The molecule has 1 heterocycles. The number of carbonyl (C=O) groups excluding carboxylic acids is 1. The molecular formula is C10H21ClN2O2. The third-order valence-electron chi connectivity index (χ3n) is 2.48. The number of nitrogens with two attached hydrogens (primary N) is 1. The van der Waals surface area contributed by atoms with Crippen molar-refractivity contribution in [3.8, 4) is 0 Å². The molecule has 2 N–H and O–H groups in total. The first-order valence-electron chi connectivity index (χ1n) is 5.17. The molecule has 0 aromatic carbocycles. The van der Waals surface area contributed by atoms with Crippen molar-refractivity contribution < 1.29 is 9.53 Å². The van der Waals surface area contributed by atoms with Crippen LogP contribution < -0.4 is 5.73 Å². The Hall–Kier alpha value is -0.320. The minimum absolute atomic E-state index is 0. The van der Waals surface area contributed by atoms with Crippen LogP contribution in [0.3, 0.4) is 0 Å². The second kappa shape index (κ2) is 7.04. The van der Waals surface area contributed by atoms with Crippen LogP contribution in [-0.4, -0.2) is 43.7 Å². The largest absolute Gasteiger partial charge is 0.381 e. The molecule has 5 heteroatoms. The zero-order chi connectivity index (χ0) is 10.6. The topological polar surface area (TPSA) is 55.6 Å². The number of rotatable bonds is 4. The molecular weight excluding hydrogens is 216 g/mol. The number of hydrogen-bond donors (Lipinski definition) is 1. The summed E-state index contributed by atoms with van der Waals surface area (Å²) in [6.07, 6.45) is 1.50. The summed E-state index contributed by atoms with van der Waals surface area (Å²) in [4.78, 5) is 13.3. The lowest BCUT2D eigenvalue weighted by Crippen LogP contribution is -2.35. The number of amides is 1. The zero-order valence-corrected chi connectivity index (χ0v) is 10.3. The molecule has 1 aliphatic heterocycles. The van der Waals surface area contributed by atoms with Gasteiger partial charge in [-0.2, -0.15) is 0 Å². The number of ether oxygens (including phenoxy) is 1. The fourth-order valence-electron chi connectivity index (χ4n) is 1.65. The van der Waals surface area contributed by atoms with Crippen molar-refractivity contribution >= 4 is 18.3 Å². The van der Waals surface area contributed by atoms with Gasteiger partial charge in [0.2, 0.25) is 5.91 Å². The molecule has 0 aliphatic carbocycles. The third-order valence-corrected chi connectivity index (χ3v) is 2.48. The Bertz CT molecular complexity index is 194. The van der Waals surface area contributed by atoms with E-state index in [1.54, 1.807) is 4.90 Å². The molecule has 1 saturated heterocycles. The van der Waals surface area contributed by atoms with Crippen LogP contribution in [0.1, 0.15) is 19.8 Å². The fraction of sp³-hybridized carbons (Fsp3) is 0.900. The van der Waals surface area contributed by atoms with Gasteiger partial charge in [-0.1, -0.05) is 0 Å². The lowest BCUT2D eigenvalue weighted by atomic mass is 10.1. The molecule has 2 unspecified atom stereocenters. The van der Waals surface area contributed by atoms with E-state index in [1.807, 2.05) is 14.0 Å². The van der Waals surface area contributed by atoms with Gasteiger partial charge in [0.05, 0.1) is 6.61 Å². The number of halogens is 1. The van der Waals surface area contributed by atoms with Crippen molar-refractivity contribution in [3.63, 3.8) is 0 Å². The minimum Gasteiger partial charge on any atom is -0.381 e. The maximum absolute atomic E-state index is 11.5. The van der Waals surface area contributed by atoms with Crippen LogP contribution in [0.25, 0.3) is 0 Å². The van der Waals surface area contributed by atoms with Crippen molar-refractivity contribution in [1.29, 1.82) is 0 Å². The predicted octanol–water partition coefficient (Wildman–Crippen LogP) is 0.640. The van der Waals surface area contributed by atoms with Crippen LogP contribution in [0, 0.1) is 5.92 Å². The van der Waals surface area contributed by atoms with E-state index < -0.39 is 0 Å². The van der Waals surface area contributed by atoms with E-state index in [0.29, 0.717) is 12.3 Å². The summed E-state index contributed by atoms with van der Waals surface area (Å²) in [5.41, 5.74) is 5.57. The van der Waals surface area contributed by atoms with E-state index >= 15 is 0 Å². The summed E-state index contributed by atoms with van der Waals surface area (Å²) in [7, 11) is 1.84. The van der Waals surface area contributed by atoms with Crippen molar-refractivity contribution in [2.24, 2.45) is 11.7 Å². The molecule has 0 radical (unpaired) electrons. The number of hydrogen-bond acceptors (Lipinski definition) is 3. The lowest BCUT2D eigenvalue weighted by Gasteiger charge is -2.21. The molecule has 90 valence electrons. The average Bonchev–Trinajstić information content (AvgIpc) is 2.55. The van der Waals surface area contributed by atoms with Gasteiger partial charge in [0, 0.05) is 38.6 Å². The average molecular weight is 237 g/mol. The maximum atomic E-state index is 11.5. The molecule has 1 amide bonds. The maximum Gasteiger partial charge on any atom is 0.223 e. The summed E-state index contributed by atoms with van der Waals surface area (Å²) >= 11 is 0. The standard InChI is InChI=1S/C10H20N2O2.ClH/c1-8(11)5-10(13)12(2)6-9-3-4-14-7-9;/h8-9H,3-7,11H2,1-2H3;1H. The first kappa shape index (κ1) is 14.7.